The molecule has 0 radical (unpaired) electrons. The van der Waals surface area contributed by atoms with Crippen molar-refractivity contribution in [2.75, 3.05) is 5.32 Å². The fourth-order valence-corrected chi connectivity index (χ4v) is 2.73. The second-order valence-electron chi connectivity index (χ2n) is 4.76. The molecule has 1 heterocycles. The molecular weight excluding hydrogens is 328 g/mol. The van der Waals surface area contributed by atoms with E-state index in [1.54, 1.807) is 29.7 Å². The lowest BCUT2D eigenvalue weighted by molar-refractivity contribution is 0.234. The van der Waals surface area contributed by atoms with Crippen LogP contribution < -0.4 is 15.5 Å². The molecule has 24 heavy (non-hydrogen) atoms. The van der Waals surface area contributed by atoms with Gasteiger partial charge < -0.3 is 15.2 Å². The first-order valence-electron chi connectivity index (χ1n) is 6.95. The fourth-order valence-electron chi connectivity index (χ4n) is 2.01. The summed E-state index contributed by atoms with van der Waals surface area (Å²) in [4.78, 5) is 0. The minimum Gasteiger partial charge on any atom is -0.492 e. The molecule has 0 spiro atoms. The van der Waals surface area contributed by atoms with Crippen molar-refractivity contribution >= 4 is 28.1 Å². The standard InChI is InChI=1S/C16H14N4O3S/c17-14(19-22)13-15(21)20-24-16(13)18-10-6-8-12(9-7-10)23-11-4-2-1-3-5-11/h1-9,18,22H,(H2,17,19)(H,20,21). The zero-order chi connectivity index (χ0) is 16.9. The van der Waals surface area contributed by atoms with Crippen molar-refractivity contribution in [3.05, 3.63) is 60.2 Å². The number of hydroxylamine groups is 1. The monoisotopic (exact) mass is 342 g/mol. The van der Waals surface area contributed by atoms with Crippen LogP contribution >= 0.6 is 11.5 Å². The molecule has 0 fully saturated rings. The van der Waals surface area contributed by atoms with Crippen molar-refractivity contribution in [3.8, 4) is 17.4 Å². The Kier molecular flexibility index (Phi) is 4.59. The summed E-state index contributed by atoms with van der Waals surface area (Å²) in [5.74, 6) is 0.769. The van der Waals surface area contributed by atoms with E-state index in [0.717, 1.165) is 23.0 Å². The summed E-state index contributed by atoms with van der Waals surface area (Å²) in [6.45, 7) is 0. The van der Waals surface area contributed by atoms with Crippen LogP contribution in [-0.4, -0.2) is 20.5 Å². The van der Waals surface area contributed by atoms with Gasteiger partial charge in [0, 0.05) is 5.69 Å². The number of ether oxygens (including phenoxy) is 1. The smallest absolute Gasteiger partial charge is 0.236 e. The topological polar surface area (TPSA) is 110 Å². The molecule has 0 saturated carbocycles. The lowest BCUT2D eigenvalue weighted by Gasteiger charge is -2.09. The number of anilines is 2. The summed E-state index contributed by atoms with van der Waals surface area (Å²) in [5, 5.41) is 29.6. The van der Waals surface area contributed by atoms with E-state index in [0.29, 0.717) is 10.8 Å². The quantitative estimate of drug-likeness (QED) is 0.275. The highest BCUT2D eigenvalue weighted by Gasteiger charge is 2.17. The Bertz CT molecular complexity index is 834. The van der Waals surface area contributed by atoms with E-state index in [-0.39, 0.29) is 17.3 Å². The zero-order valence-corrected chi connectivity index (χ0v) is 13.2. The van der Waals surface area contributed by atoms with E-state index in [4.69, 9.17) is 15.4 Å². The number of benzene rings is 2. The molecule has 122 valence electrons. The summed E-state index contributed by atoms with van der Waals surface area (Å²) in [6.07, 6.45) is 0. The number of nitrogens with one attached hydrogen (secondary N) is 3. The number of amidine groups is 1. The van der Waals surface area contributed by atoms with Gasteiger partial charge in [0.1, 0.15) is 22.1 Å². The van der Waals surface area contributed by atoms with Crippen LogP contribution in [0.25, 0.3) is 0 Å². The molecule has 3 aromatic rings. The number of rotatable bonds is 5. The van der Waals surface area contributed by atoms with Crippen LogP contribution in [0, 0.1) is 5.41 Å². The molecule has 0 aliphatic heterocycles. The van der Waals surface area contributed by atoms with Gasteiger partial charge >= 0.3 is 0 Å². The number of hydrogen-bond acceptors (Lipinski definition) is 7. The number of aromatic hydroxyl groups is 1. The van der Waals surface area contributed by atoms with E-state index in [2.05, 4.69) is 9.69 Å². The van der Waals surface area contributed by atoms with E-state index < -0.39 is 0 Å². The van der Waals surface area contributed by atoms with Gasteiger partial charge in [-0.25, -0.2) is 0 Å². The van der Waals surface area contributed by atoms with Gasteiger partial charge in [-0.15, -0.1) is 0 Å². The van der Waals surface area contributed by atoms with E-state index >= 15 is 0 Å². The summed E-state index contributed by atoms with van der Waals surface area (Å²) in [6, 6.07) is 16.6. The zero-order valence-electron chi connectivity index (χ0n) is 12.4. The Labute approximate surface area is 141 Å². The second kappa shape index (κ2) is 6.99. The molecule has 1 aromatic heterocycles. The molecule has 0 amide bonds. The third kappa shape index (κ3) is 3.45. The Morgan fingerprint density at radius 3 is 2.38 bits per heavy atom. The summed E-state index contributed by atoms with van der Waals surface area (Å²) in [5.41, 5.74) is 2.53. The van der Waals surface area contributed by atoms with E-state index in [9.17, 15) is 5.11 Å². The first-order chi connectivity index (χ1) is 11.7. The van der Waals surface area contributed by atoms with Gasteiger partial charge in [-0.3, -0.25) is 16.1 Å². The molecule has 0 aliphatic rings. The minimum atomic E-state index is -0.340. The molecule has 3 rings (SSSR count). The third-order valence-corrected chi connectivity index (χ3v) is 3.88. The molecule has 0 saturated heterocycles. The predicted octanol–water partition coefficient (Wildman–Crippen LogP) is 3.69. The highest BCUT2D eigenvalue weighted by molar-refractivity contribution is 7.11. The van der Waals surface area contributed by atoms with Crippen LogP contribution in [0.3, 0.4) is 0 Å². The summed E-state index contributed by atoms with van der Waals surface area (Å²) < 4.78 is 9.49. The number of hydrogen-bond donors (Lipinski definition) is 5. The molecule has 0 atom stereocenters. The molecule has 0 unspecified atom stereocenters. The van der Waals surface area contributed by atoms with Gasteiger partial charge in [0.2, 0.25) is 5.88 Å². The van der Waals surface area contributed by atoms with Crippen LogP contribution in [0.1, 0.15) is 5.56 Å². The second-order valence-corrected chi connectivity index (χ2v) is 5.53. The molecular formula is C16H14N4O3S. The fraction of sp³-hybridized carbons (Fsp3) is 0. The number of nitrogens with zero attached hydrogens (tertiary/aromatic N) is 1. The van der Waals surface area contributed by atoms with Gasteiger partial charge in [0.15, 0.2) is 5.84 Å². The van der Waals surface area contributed by atoms with Gasteiger partial charge in [0.05, 0.1) is 0 Å². The van der Waals surface area contributed by atoms with Crippen molar-refractivity contribution in [2.45, 2.75) is 0 Å². The maximum absolute atomic E-state index is 9.67. The van der Waals surface area contributed by atoms with Crippen LogP contribution in [0.5, 0.6) is 17.4 Å². The lowest BCUT2D eigenvalue weighted by atomic mass is 10.2. The SMILES string of the molecule is N=C(NO)c1c(O)nsc1Nc1ccc(Oc2ccccc2)cc1. The first kappa shape index (κ1) is 15.8. The van der Waals surface area contributed by atoms with E-state index in [1.807, 2.05) is 30.3 Å². The lowest BCUT2D eigenvalue weighted by Crippen LogP contribution is -2.19. The van der Waals surface area contributed by atoms with E-state index in [1.165, 1.54) is 0 Å². The Morgan fingerprint density at radius 1 is 1.04 bits per heavy atom. The van der Waals surface area contributed by atoms with Crippen LogP contribution in [0.4, 0.5) is 10.7 Å². The Balaban J connectivity index is 1.74. The van der Waals surface area contributed by atoms with Crippen molar-refractivity contribution in [1.29, 1.82) is 5.41 Å². The van der Waals surface area contributed by atoms with Crippen LogP contribution in [0.2, 0.25) is 0 Å². The number of para-hydroxylation sites is 1. The molecule has 8 heteroatoms. The summed E-state index contributed by atoms with van der Waals surface area (Å²) >= 11 is 0.987. The normalized spacial score (nSPS) is 10.2. The Hall–Kier alpha value is -3.10. The van der Waals surface area contributed by atoms with Gasteiger partial charge in [0.25, 0.3) is 0 Å². The molecule has 2 aromatic carbocycles. The number of aromatic nitrogens is 1. The average molecular weight is 342 g/mol. The van der Waals surface area contributed by atoms with Gasteiger partial charge in [-0.2, -0.15) is 4.37 Å². The van der Waals surface area contributed by atoms with Crippen molar-refractivity contribution in [3.63, 3.8) is 0 Å². The molecule has 7 nitrogen and oxygen atoms in total. The largest absolute Gasteiger partial charge is 0.492 e. The molecule has 0 aliphatic carbocycles. The highest BCUT2D eigenvalue weighted by atomic mass is 32.1. The highest BCUT2D eigenvalue weighted by Crippen LogP contribution is 2.32. The summed E-state index contributed by atoms with van der Waals surface area (Å²) in [7, 11) is 0. The van der Waals surface area contributed by atoms with Gasteiger partial charge in [-0.1, -0.05) is 18.2 Å². The molecule has 0 bridgehead atoms. The van der Waals surface area contributed by atoms with Gasteiger partial charge in [-0.05, 0) is 47.9 Å². The predicted molar refractivity (Wildman–Crippen MR) is 91.8 cm³/mol. The Morgan fingerprint density at radius 2 is 1.71 bits per heavy atom. The van der Waals surface area contributed by atoms with Crippen molar-refractivity contribution in [2.24, 2.45) is 0 Å². The average Bonchev–Trinajstić information content (AvgIpc) is 2.97. The first-order valence-corrected chi connectivity index (χ1v) is 7.72. The minimum absolute atomic E-state index is 0.104. The third-order valence-electron chi connectivity index (χ3n) is 3.13. The maximum atomic E-state index is 9.67. The van der Waals surface area contributed by atoms with Crippen molar-refractivity contribution in [1.82, 2.24) is 9.85 Å². The van der Waals surface area contributed by atoms with Crippen LogP contribution in [0.15, 0.2) is 54.6 Å². The molecule has 5 N–H and O–H groups in total. The van der Waals surface area contributed by atoms with Crippen molar-refractivity contribution < 1.29 is 15.1 Å². The maximum Gasteiger partial charge on any atom is 0.236 e. The van der Waals surface area contributed by atoms with Crippen LogP contribution in [-0.2, 0) is 0 Å².